The molecule has 2 rings (SSSR count). The summed E-state index contributed by atoms with van der Waals surface area (Å²) < 4.78 is 5.28. The largest absolute Gasteiger partial charge is 0.444 e. The number of hydrogen-bond donors (Lipinski definition) is 2. The first-order valence-corrected chi connectivity index (χ1v) is 6.81. The summed E-state index contributed by atoms with van der Waals surface area (Å²) in [4.78, 5) is 13.8. The van der Waals surface area contributed by atoms with Gasteiger partial charge in [0.1, 0.15) is 5.60 Å². The minimum atomic E-state index is -0.488. The molecule has 0 radical (unpaired) electrons. The number of carbonyl (C=O) groups is 1. The molecule has 8 heteroatoms. The molecule has 0 saturated carbocycles. The molecule has 2 heterocycles. The monoisotopic (exact) mass is 282 g/mol. The van der Waals surface area contributed by atoms with Crippen LogP contribution in [0.1, 0.15) is 34.1 Å². The molecular formula is C12H22N6O2. The summed E-state index contributed by atoms with van der Waals surface area (Å²) in [6, 6.07) is 0.0205. The number of anilines is 1. The first-order chi connectivity index (χ1) is 9.33. The third-order valence-corrected chi connectivity index (χ3v) is 3.00. The number of aromatic nitrogens is 4. The van der Waals surface area contributed by atoms with Gasteiger partial charge in [0.25, 0.3) is 5.95 Å². The molecule has 1 aliphatic heterocycles. The number of amides is 1. The van der Waals surface area contributed by atoms with Gasteiger partial charge in [-0.05, 0) is 38.3 Å². The first-order valence-electron chi connectivity index (χ1n) is 6.81. The quantitative estimate of drug-likeness (QED) is 0.838. The van der Waals surface area contributed by atoms with E-state index in [2.05, 4.69) is 32.9 Å². The molecule has 2 atom stereocenters. The highest BCUT2D eigenvalue weighted by atomic mass is 16.6. The molecular weight excluding hydrogens is 260 g/mol. The van der Waals surface area contributed by atoms with E-state index in [1.54, 1.807) is 0 Å². The van der Waals surface area contributed by atoms with Crippen molar-refractivity contribution in [2.75, 3.05) is 18.0 Å². The number of nitrogens with one attached hydrogen (secondary N) is 2. The molecule has 0 unspecified atom stereocenters. The number of carbonyl (C=O) groups excluding carboxylic acids is 1. The highest BCUT2D eigenvalue weighted by Gasteiger charge is 2.29. The molecule has 1 amide bonds. The van der Waals surface area contributed by atoms with Gasteiger partial charge < -0.3 is 15.0 Å². The van der Waals surface area contributed by atoms with Crippen LogP contribution in [-0.2, 0) is 4.74 Å². The van der Waals surface area contributed by atoms with Crippen LogP contribution in [0, 0.1) is 5.92 Å². The Balaban J connectivity index is 1.93. The SMILES string of the molecule is C[C@H]1C[C@@H](NC(=O)OC(C)(C)C)CN(c2nn[nH]n2)C1. The van der Waals surface area contributed by atoms with Crippen LogP contribution in [0.25, 0.3) is 0 Å². The number of aromatic amines is 1. The van der Waals surface area contributed by atoms with Crippen molar-refractivity contribution >= 4 is 12.0 Å². The number of alkyl carbamates (subject to hydrolysis) is 1. The van der Waals surface area contributed by atoms with E-state index in [1.807, 2.05) is 25.7 Å². The van der Waals surface area contributed by atoms with Crippen LogP contribution >= 0.6 is 0 Å². The number of tetrazole rings is 1. The first kappa shape index (κ1) is 14.5. The molecule has 8 nitrogen and oxygen atoms in total. The molecule has 2 N–H and O–H groups in total. The normalized spacial score (nSPS) is 23.5. The number of nitrogens with zero attached hydrogens (tertiary/aromatic N) is 4. The van der Waals surface area contributed by atoms with E-state index in [9.17, 15) is 4.79 Å². The molecule has 0 spiro atoms. The molecule has 1 aliphatic rings. The Labute approximate surface area is 118 Å². The average Bonchev–Trinajstić information content (AvgIpc) is 2.78. The molecule has 0 bridgehead atoms. The molecule has 112 valence electrons. The van der Waals surface area contributed by atoms with Crippen molar-refractivity contribution in [3.05, 3.63) is 0 Å². The predicted molar refractivity (Wildman–Crippen MR) is 73.3 cm³/mol. The average molecular weight is 282 g/mol. The van der Waals surface area contributed by atoms with E-state index >= 15 is 0 Å². The van der Waals surface area contributed by atoms with E-state index in [0.29, 0.717) is 18.4 Å². The second kappa shape index (κ2) is 5.64. The number of ether oxygens (including phenoxy) is 1. The lowest BCUT2D eigenvalue weighted by molar-refractivity contribution is 0.0495. The molecule has 1 aromatic heterocycles. The number of hydrogen-bond acceptors (Lipinski definition) is 6. The summed E-state index contributed by atoms with van der Waals surface area (Å²) in [6.07, 6.45) is 0.526. The Kier molecular flexibility index (Phi) is 4.10. The highest BCUT2D eigenvalue weighted by molar-refractivity contribution is 5.68. The third kappa shape index (κ3) is 4.07. The van der Waals surface area contributed by atoms with Gasteiger partial charge in [0, 0.05) is 13.1 Å². The van der Waals surface area contributed by atoms with Gasteiger partial charge in [0.2, 0.25) is 0 Å². The van der Waals surface area contributed by atoms with Crippen molar-refractivity contribution in [3.63, 3.8) is 0 Å². The molecule has 0 aliphatic carbocycles. The Morgan fingerprint density at radius 2 is 2.20 bits per heavy atom. The van der Waals surface area contributed by atoms with E-state index in [1.165, 1.54) is 0 Å². The Hall–Kier alpha value is -1.86. The van der Waals surface area contributed by atoms with Gasteiger partial charge in [-0.1, -0.05) is 12.0 Å². The van der Waals surface area contributed by atoms with Gasteiger partial charge in [-0.25, -0.2) is 4.79 Å². The lowest BCUT2D eigenvalue weighted by Gasteiger charge is -2.36. The predicted octanol–water partition coefficient (Wildman–Crippen LogP) is 0.939. The molecule has 0 aromatic carbocycles. The Morgan fingerprint density at radius 1 is 1.45 bits per heavy atom. The summed E-state index contributed by atoms with van der Waals surface area (Å²) in [5.41, 5.74) is -0.488. The fourth-order valence-electron chi connectivity index (χ4n) is 2.38. The second-order valence-electron chi connectivity index (χ2n) is 6.30. The molecule has 1 fully saturated rings. The summed E-state index contributed by atoms with van der Waals surface area (Å²) in [5.74, 6) is 0.995. The van der Waals surface area contributed by atoms with Gasteiger partial charge in [0.15, 0.2) is 0 Å². The fraction of sp³-hybridized carbons (Fsp3) is 0.833. The summed E-state index contributed by atoms with van der Waals surface area (Å²) in [5, 5.41) is 16.9. The van der Waals surface area contributed by atoms with Crippen LogP contribution in [-0.4, -0.2) is 51.4 Å². The van der Waals surface area contributed by atoms with Crippen LogP contribution in [0.2, 0.25) is 0 Å². The summed E-state index contributed by atoms with van der Waals surface area (Å²) in [6.45, 7) is 9.19. The zero-order valence-corrected chi connectivity index (χ0v) is 12.4. The minimum absolute atomic E-state index is 0.0205. The summed E-state index contributed by atoms with van der Waals surface area (Å²) >= 11 is 0. The zero-order chi connectivity index (χ0) is 14.8. The van der Waals surface area contributed by atoms with Gasteiger partial charge in [-0.3, -0.25) is 0 Å². The lowest BCUT2D eigenvalue weighted by atomic mass is 9.96. The maximum absolute atomic E-state index is 11.8. The highest BCUT2D eigenvalue weighted by Crippen LogP contribution is 2.20. The van der Waals surface area contributed by atoms with E-state index in [0.717, 1.165) is 13.0 Å². The van der Waals surface area contributed by atoms with Crippen molar-refractivity contribution in [1.29, 1.82) is 0 Å². The maximum Gasteiger partial charge on any atom is 0.407 e. The number of H-pyrrole nitrogens is 1. The Morgan fingerprint density at radius 3 is 2.80 bits per heavy atom. The number of piperidine rings is 1. The Bertz CT molecular complexity index is 441. The molecule has 1 saturated heterocycles. The van der Waals surface area contributed by atoms with Crippen molar-refractivity contribution in [2.45, 2.75) is 45.8 Å². The number of rotatable bonds is 2. The molecule has 1 aromatic rings. The van der Waals surface area contributed by atoms with Crippen molar-refractivity contribution in [1.82, 2.24) is 25.9 Å². The zero-order valence-electron chi connectivity index (χ0n) is 12.4. The summed E-state index contributed by atoms with van der Waals surface area (Å²) in [7, 11) is 0. The fourth-order valence-corrected chi connectivity index (χ4v) is 2.38. The van der Waals surface area contributed by atoms with Crippen LogP contribution in [0.4, 0.5) is 10.7 Å². The maximum atomic E-state index is 11.8. The van der Waals surface area contributed by atoms with Crippen molar-refractivity contribution < 1.29 is 9.53 Å². The van der Waals surface area contributed by atoms with Crippen LogP contribution in [0.5, 0.6) is 0 Å². The van der Waals surface area contributed by atoms with Crippen LogP contribution in [0.15, 0.2) is 0 Å². The second-order valence-corrected chi connectivity index (χ2v) is 6.30. The van der Waals surface area contributed by atoms with E-state index in [-0.39, 0.29) is 12.1 Å². The lowest BCUT2D eigenvalue weighted by Crippen LogP contribution is -2.51. The van der Waals surface area contributed by atoms with Gasteiger partial charge >= 0.3 is 6.09 Å². The molecule has 20 heavy (non-hydrogen) atoms. The van der Waals surface area contributed by atoms with E-state index < -0.39 is 5.60 Å². The van der Waals surface area contributed by atoms with Gasteiger partial charge in [-0.2, -0.15) is 5.21 Å². The smallest absolute Gasteiger partial charge is 0.407 e. The van der Waals surface area contributed by atoms with Crippen molar-refractivity contribution in [3.8, 4) is 0 Å². The van der Waals surface area contributed by atoms with E-state index in [4.69, 9.17) is 4.74 Å². The van der Waals surface area contributed by atoms with Crippen molar-refractivity contribution in [2.24, 2.45) is 5.92 Å². The van der Waals surface area contributed by atoms with Gasteiger partial charge in [-0.15, -0.1) is 5.10 Å². The topological polar surface area (TPSA) is 96.0 Å². The van der Waals surface area contributed by atoms with Gasteiger partial charge in [0.05, 0.1) is 6.04 Å². The van der Waals surface area contributed by atoms with Crippen LogP contribution < -0.4 is 10.2 Å². The standard InChI is InChI=1S/C12H22N6O2/c1-8-5-9(13-11(19)20-12(2,3)4)7-18(6-8)10-14-16-17-15-10/h8-9H,5-7H2,1-4H3,(H,13,19)(H,14,15,16,17)/t8-,9+/m0/s1. The van der Waals surface area contributed by atoms with Crippen LogP contribution in [0.3, 0.4) is 0 Å². The minimum Gasteiger partial charge on any atom is -0.444 e. The third-order valence-electron chi connectivity index (χ3n) is 3.00.